The predicted molar refractivity (Wildman–Crippen MR) is 85.8 cm³/mol. The van der Waals surface area contributed by atoms with Crippen molar-refractivity contribution in [3.8, 4) is 5.75 Å². The fourth-order valence-electron chi connectivity index (χ4n) is 2.28. The molecule has 4 heteroatoms. The lowest BCUT2D eigenvalue weighted by atomic mass is 10.0. The lowest BCUT2D eigenvalue weighted by Crippen LogP contribution is -2.22. The number of nitrogens with one attached hydrogen (secondary N) is 1. The summed E-state index contributed by atoms with van der Waals surface area (Å²) in [6.45, 7) is 2.51. The van der Waals surface area contributed by atoms with Gasteiger partial charge in [-0.05, 0) is 30.5 Å². The Labute approximate surface area is 126 Å². The molecule has 0 saturated heterocycles. The van der Waals surface area contributed by atoms with Crippen LogP contribution in [0.5, 0.6) is 5.75 Å². The molecule has 3 aromatic rings. The number of fused-ring (bicyclic) bond motifs is 1. The number of hydrogen-bond donors (Lipinski definition) is 2. The number of phenolic OH excluding ortho intramolecular Hbond substituents is 1. The van der Waals surface area contributed by atoms with Crippen LogP contribution < -0.4 is 5.32 Å². The van der Waals surface area contributed by atoms with Gasteiger partial charge in [-0.1, -0.05) is 30.3 Å². The summed E-state index contributed by atoms with van der Waals surface area (Å²) in [6.07, 6.45) is 0. The molecule has 0 spiro atoms. The largest absolute Gasteiger partial charge is 0.506 e. The van der Waals surface area contributed by atoms with Crippen molar-refractivity contribution in [3.63, 3.8) is 0 Å². The van der Waals surface area contributed by atoms with Crippen LogP contribution in [0.2, 0.25) is 0 Å². The molecule has 0 radical (unpaired) electrons. The Morgan fingerprint density at radius 2 is 1.95 bits per heavy atom. The molecule has 3 nitrogen and oxygen atoms in total. The van der Waals surface area contributed by atoms with Crippen LogP contribution in [0.25, 0.3) is 10.8 Å². The molecule has 21 heavy (non-hydrogen) atoms. The molecule has 0 aliphatic heterocycles. The summed E-state index contributed by atoms with van der Waals surface area (Å²) in [5.41, 5.74) is 0.307. The monoisotopic (exact) mass is 297 g/mol. The van der Waals surface area contributed by atoms with Crippen LogP contribution >= 0.6 is 11.3 Å². The van der Waals surface area contributed by atoms with E-state index < -0.39 is 0 Å². The van der Waals surface area contributed by atoms with E-state index in [1.165, 1.54) is 4.88 Å². The number of carbonyl (C=O) groups is 1. The molecule has 0 unspecified atom stereocenters. The molecule has 1 heterocycles. The van der Waals surface area contributed by atoms with Gasteiger partial charge in [-0.25, -0.2) is 0 Å². The van der Waals surface area contributed by atoms with Gasteiger partial charge in [0.2, 0.25) is 0 Å². The highest BCUT2D eigenvalue weighted by atomic mass is 32.1. The van der Waals surface area contributed by atoms with Gasteiger partial charge in [0.25, 0.3) is 5.91 Å². The van der Waals surface area contributed by atoms with Gasteiger partial charge >= 0.3 is 0 Å². The first-order valence-electron chi connectivity index (χ1n) is 6.69. The van der Waals surface area contributed by atoms with E-state index in [0.29, 0.717) is 17.5 Å². The van der Waals surface area contributed by atoms with Crippen LogP contribution in [0, 0.1) is 6.92 Å². The second-order valence-corrected chi connectivity index (χ2v) is 6.25. The fourth-order valence-corrected chi connectivity index (χ4v) is 3.11. The van der Waals surface area contributed by atoms with Crippen LogP contribution in [0.15, 0.2) is 48.5 Å². The third-order valence-corrected chi connectivity index (χ3v) is 4.37. The minimum Gasteiger partial charge on any atom is -0.506 e. The Morgan fingerprint density at radius 1 is 1.14 bits per heavy atom. The summed E-state index contributed by atoms with van der Waals surface area (Å²) in [5.74, 6) is -0.225. The molecule has 0 saturated carbocycles. The Kier molecular flexibility index (Phi) is 3.62. The van der Waals surface area contributed by atoms with E-state index in [0.717, 1.165) is 10.3 Å². The SMILES string of the molecule is Cc1ccc(CNC(=O)c2ccc3ccccc3c2O)s1. The summed E-state index contributed by atoms with van der Waals surface area (Å²) in [7, 11) is 0. The van der Waals surface area contributed by atoms with E-state index >= 15 is 0 Å². The maximum absolute atomic E-state index is 12.2. The molecule has 3 rings (SSSR count). The summed E-state index contributed by atoms with van der Waals surface area (Å²) in [4.78, 5) is 14.5. The van der Waals surface area contributed by atoms with Gasteiger partial charge in [0.05, 0.1) is 12.1 Å². The quantitative estimate of drug-likeness (QED) is 0.771. The highest BCUT2D eigenvalue weighted by molar-refractivity contribution is 7.11. The second-order valence-electron chi connectivity index (χ2n) is 4.88. The zero-order chi connectivity index (χ0) is 14.8. The fraction of sp³-hybridized carbons (Fsp3) is 0.118. The Morgan fingerprint density at radius 3 is 2.71 bits per heavy atom. The number of aryl methyl sites for hydroxylation is 1. The van der Waals surface area contributed by atoms with Crippen molar-refractivity contribution in [1.82, 2.24) is 5.32 Å². The van der Waals surface area contributed by atoms with Crippen molar-refractivity contribution in [2.45, 2.75) is 13.5 Å². The molecule has 2 aromatic carbocycles. The van der Waals surface area contributed by atoms with Crippen LogP contribution in [0.4, 0.5) is 0 Å². The predicted octanol–water partition coefficient (Wildman–Crippen LogP) is 3.85. The maximum atomic E-state index is 12.2. The van der Waals surface area contributed by atoms with Gasteiger partial charge in [-0.15, -0.1) is 11.3 Å². The van der Waals surface area contributed by atoms with Gasteiger partial charge in [0.15, 0.2) is 0 Å². The third kappa shape index (κ3) is 2.76. The number of carbonyl (C=O) groups excluding carboxylic acids is 1. The molecule has 0 bridgehead atoms. The average molecular weight is 297 g/mol. The highest BCUT2D eigenvalue weighted by Gasteiger charge is 2.13. The molecule has 1 amide bonds. The highest BCUT2D eigenvalue weighted by Crippen LogP contribution is 2.28. The van der Waals surface area contributed by atoms with E-state index in [4.69, 9.17) is 0 Å². The molecule has 1 aromatic heterocycles. The number of benzene rings is 2. The van der Waals surface area contributed by atoms with E-state index in [2.05, 4.69) is 5.32 Å². The molecule has 106 valence electrons. The van der Waals surface area contributed by atoms with Crippen molar-refractivity contribution in [2.24, 2.45) is 0 Å². The number of phenols is 1. The van der Waals surface area contributed by atoms with E-state index in [9.17, 15) is 9.90 Å². The van der Waals surface area contributed by atoms with Crippen molar-refractivity contribution in [1.29, 1.82) is 0 Å². The average Bonchev–Trinajstić information content (AvgIpc) is 2.91. The number of thiophene rings is 1. The van der Waals surface area contributed by atoms with E-state index in [1.54, 1.807) is 17.4 Å². The van der Waals surface area contributed by atoms with Crippen LogP contribution in [0.3, 0.4) is 0 Å². The number of hydrogen-bond acceptors (Lipinski definition) is 3. The zero-order valence-electron chi connectivity index (χ0n) is 11.6. The van der Waals surface area contributed by atoms with E-state index in [-0.39, 0.29) is 11.7 Å². The lowest BCUT2D eigenvalue weighted by molar-refractivity contribution is 0.0949. The standard InChI is InChI=1S/C17H15NO2S/c1-11-6-8-13(21-11)10-18-17(20)15-9-7-12-4-2-3-5-14(12)16(15)19/h2-9,19H,10H2,1H3,(H,18,20). The van der Waals surface area contributed by atoms with E-state index in [1.807, 2.05) is 49.4 Å². The van der Waals surface area contributed by atoms with Crippen molar-refractivity contribution in [3.05, 3.63) is 63.8 Å². The summed E-state index contributed by atoms with van der Waals surface area (Å²) in [5, 5.41) is 14.7. The van der Waals surface area contributed by atoms with Gasteiger partial charge in [0.1, 0.15) is 5.75 Å². The first kappa shape index (κ1) is 13.6. The minimum absolute atomic E-state index is 0.0351. The molecule has 2 N–H and O–H groups in total. The third-order valence-electron chi connectivity index (χ3n) is 3.36. The van der Waals surface area contributed by atoms with Crippen LogP contribution in [0.1, 0.15) is 20.1 Å². The zero-order valence-corrected chi connectivity index (χ0v) is 12.4. The molecule has 0 aliphatic rings. The Bertz CT molecular complexity index is 807. The first-order valence-corrected chi connectivity index (χ1v) is 7.51. The Hall–Kier alpha value is -2.33. The second kappa shape index (κ2) is 5.58. The minimum atomic E-state index is -0.260. The van der Waals surface area contributed by atoms with Gasteiger partial charge in [0, 0.05) is 15.1 Å². The van der Waals surface area contributed by atoms with Gasteiger partial charge in [-0.3, -0.25) is 4.79 Å². The van der Waals surface area contributed by atoms with Crippen LogP contribution in [-0.2, 0) is 6.54 Å². The van der Waals surface area contributed by atoms with Crippen molar-refractivity contribution >= 4 is 28.0 Å². The number of amides is 1. The maximum Gasteiger partial charge on any atom is 0.255 e. The normalized spacial score (nSPS) is 10.7. The lowest BCUT2D eigenvalue weighted by Gasteiger charge is -2.08. The first-order chi connectivity index (χ1) is 10.1. The summed E-state index contributed by atoms with van der Waals surface area (Å²) in [6, 6.07) is 15.0. The Balaban J connectivity index is 1.82. The summed E-state index contributed by atoms with van der Waals surface area (Å²) >= 11 is 1.65. The number of rotatable bonds is 3. The van der Waals surface area contributed by atoms with Crippen LogP contribution in [-0.4, -0.2) is 11.0 Å². The molecular weight excluding hydrogens is 282 g/mol. The molecular formula is C17H15NO2S. The molecule has 0 fully saturated rings. The number of aromatic hydroxyl groups is 1. The topological polar surface area (TPSA) is 49.3 Å². The molecule has 0 atom stereocenters. The smallest absolute Gasteiger partial charge is 0.255 e. The van der Waals surface area contributed by atoms with Crippen molar-refractivity contribution in [2.75, 3.05) is 0 Å². The van der Waals surface area contributed by atoms with Gasteiger partial charge < -0.3 is 10.4 Å². The molecule has 0 aliphatic carbocycles. The summed E-state index contributed by atoms with van der Waals surface area (Å²) < 4.78 is 0. The van der Waals surface area contributed by atoms with Crippen molar-refractivity contribution < 1.29 is 9.90 Å². The van der Waals surface area contributed by atoms with Gasteiger partial charge in [-0.2, -0.15) is 0 Å².